The minimum Gasteiger partial charge on any atom is -0.476 e. The van der Waals surface area contributed by atoms with Crippen LogP contribution in [0.1, 0.15) is 12.8 Å². The van der Waals surface area contributed by atoms with Gasteiger partial charge in [-0.3, -0.25) is 4.98 Å². The van der Waals surface area contributed by atoms with Crippen LogP contribution in [0.5, 0.6) is 5.88 Å². The minimum atomic E-state index is 0.578. The van der Waals surface area contributed by atoms with Gasteiger partial charge in [0.15, 0.2) is 0 Å². The van der Waals surface area contributed by atoms with E-state index in [-0.39, 0.29) is 0 Å². The van der Waals surface area contributed by atoms with Gasteiger partial charge in [0.05, 0.1) is 19.0 Å². The second-order valence-electron chi connectivity index (χ2n) is 3.86. The summed E-state index contributed by atoms with van der Waals surface area (Å²) in [5.74, 6) is 1.89. The van der Waals surface area contributed by atoms with Crippen LogP contribution < -0.4 is 10.1 Å². The third-order valence-corrected chi connectivity index (χ3v) is 2.68. The molecule has 1 aromatic heterocycles. The predicted molar refractivity (Wildman–Crippen MR) is 60.6 cm³/mol. The molecule has 88 valence electrons. The highest BCUT2D eigenvalue weighted by atomic mass is 16.5. The molecule has 0 atom stereocenters. The first-order valence-electron chi connectivity index (χ1n) is 5.59. The molecular formula is C11H17N3O2. The van der Waals surface area contributed by atoms with Gasteiger partial charge in [-0.05, 0) is 18.8 Å². The van der Waals surface area contributed by atoms with Crippen LogP contribution in [0.2, 0.25) is 0 Å². The number of rotatable bonds is 4. The first kappa shape index (κ1) is 11.1. The zero-order chi connectivity index (χ0) is 11.2. The quantitative estimate of drug-likeness (QED) is 0.834. The summed E-state index contributed by atoms with van der Waals surface area (Å²) in [4.78, 5) is 8.29. The van der Waals surface area contributed by atoms with Crippen LogP contribution in [0.25, 0.3) is 0 Å². The number of anilines is 1. The highest BCUT2D eigenvalue weighted by molar-refractivity contribution is 5.31. The number of hydrogen-bond acceptors (Lipinski definition) is 5. The number of ether oxygens (including phenoxy) is 2. The highest BCUT2D eigenvalue weighted by Gasteiger charge is 2.14. The Kier molecular flexibility index (Phi) is 3.93. The molecule has 0 radical (unpaired) electrons. The molecular weight excluding hydrogens is 206 g/mol. The van der Waals surface area contributed by atoms with Crippen molar-refractivity contribution in [2.24, 2.45) is 5.92 Å². The Balaban J connectivity index is 1.83. The fourth-order valence-electron chi connectivity index (χ4n) is 1.65. The molecule has 1 aliphatic rings. The van der Waals surface area contributed by atoms with E-state index in [0.29, 0.717) is 18.4 Å². The Labute approximate surface area is 95.2 Å². The van der Waals surface area contributed by atoms with E-state index in [1.807, 2.05) is 7.05 Å². The minimum absolute atomic E-state index is 0.578. The molecule has 2 heterocycles. The van der Waals surface area contributed by atoms with Crippen molar-refractivity contribution in [1.29, 1.82) is 0 Å². The van der Waals surface area contributed by atoms with Gasteiger partial charge in [0.2, 0.25) is 5.88 Å². The van der Waals surface area contributed by atoms with Gasteiger partial charge in [0, 0.05) is 20.3 Å². The Bertz CT molecular complexity index is 327. The summed E-state index contributed by atoms with van der Waals surface area (Å²) in [6, 6.07) is 0. The van der Waals surface area contributed by atoms with E-state index >= 15 is 0 Å². The van der Waals surface area contributed by atoms with Crippen LogP contribution in [0.15, 0.2) is 12.4 Å². The predicted octanol–water partition coefficient (Wildman–Crippen LogP) is 1.32. The molecule has 0 saturated carbocycles. The monoisotopic (exact) mass is 223 g/mol. The van der Waals surface area contributed by atoms with Crippen LogP contribution in [0, 0.1) is 5.92 Å². The Morgan fingerprint density at radius 3 is 3.00 bits per heavy atom. The van der Waals surface area contributed by atoms with Crippen LogP contribution >= 0.6 is 0 Å². The van der Waals surface area contributed by atoms with Gasteiger partial charge in [0.1, 0.15) is 5.82 Å². The smallest absolute Gasteiger partial charge is 0.234 e. The van der Waals surface area contributed by atoms with Gasteiger partial charge in [-0.15, -0.1) is 0 Å². The standard InChI is InChI=1S/C11H17N3O2/c1-12-10-6-13-7-11(14-10)16-8-9-2-4-15-5-3-9/h6-7,9H,2-5,8H2,1H3,(H,12,14). The highest BCUT2D eigenvalue weighted by Crippen LogP contribution is 2.16. The molecule has 5 nitrogen and oxygen atoms in total. The molecule has 16 heavy (non-hydrogen) atoms. The largest absolute Gasteiger partial charge is 0.476 e. The lowest BCUT2D eigenvalue weighted by atomic mass is 10.0. The number of aromatic nitrogens is 2. The molecule has 2 rings (SSSR count). The van der Waals surface area contributed by atoms with Gasteiger partial charge in [-0.1, -0.05) is 0 Å². The summed E-state index contributed by atoms with van der Waals surface area (Å²) in [5, 5.41) is 2.93. The third-order valence-electron chi connectivity index (χ3n) is 2.68. The van der Waals surface area contributed by atoms with Gasteiger partial charge in [-0.2, -0.15) is 4.98 Å². The summed E-state index contributed by atoms with van der Waals surface area (Å²) in [5.41, 5.74) is 0. The molecule has 0 aliphatic carbocycles. The Morgan fingerprint density at radius 2 is 2.25 bits per heavy atom. The van der Waals surface area contributed by atoms with Crippen LogP contribution in [0.4, 0.5) is 5.82 Å². The molecule has 1 fully saturated rings. The molecule has 1 N–H and O–H groups in total. The molecule has 0 bridgehead atoms. The molecule has 1 aromatic rings. The van der Waals surface area contributed by atoms with Crippen molar-refractivity contribution in [2.45, 2.75) is 12.8 Å². The first-order valence-corrected chi connectivity index (χ1v) is 5.59. The lowest BCUT2D eigenvalue weighted by Crippen LogP contribution is -2.21. The van der Waals surface area contributed by atoms with Crippen LogP contribution in [0.3, 0.4) is 0 Å². The Hall–Kier alpha value is -1.36. The molecule has 0 unspecified atom stereocenters. The number of nitrogens with zero attached hydrogens (tertiary/aromatic N) is 2. The van der Waals surface area contributed by atoms with Crippen molar-refractivity contribution >= 4 is 5.82 Å². The van der Waals surface area contributed by atoms with E-state index in [9.17, 15) is 0 Å². The number of hydrogen-bond donors (Lipinski definition) is 1. The summed E-state index contributed by atoms with van der Waals surface area (Å²) in [7, 11) is 1.81. The second-order valence-corrected chi connectivity index (χ2v) is 3.86. The second kappa shape index (κ2) is 5.65. The third kappa shape index (κ3) is 3.06. The van der Waals surface area contributed by atoms with E-state index in [1.54, 1.807) is 12.4 Å². The zero-order valence-electron chi connectivity index (χ0n) is 9.48. The van der Waals surface area contributed by atoms with Gasteiger partial charge in [-0.25, -0.2) is 0 Å². The van der Waals surface area contributed by atoms with Crippen LogP contribution in [-0.2, 0) is 4.74 Å². The molecule has 0 spiro atoms. The van der Waals surface area contributed by atoms with E-state index in [0.717, 1.165) is 31.9 Å². The Morgan fingerprint density at radius 1 is 1.44 bits per heavy atom. The lowest BCUT2D eigenvalue weighted by Gasteiger charge is -2.21. The summed E-state index contributed by atoms with van der Waals surface area (Å²) >= 11 is 0. The lowest BCUT2D eigenvalue weighted by molar-refractivity contribution is 0.0490. The van der Waals surface area contributed by atoms with E-state index in [4.69, 9.17) is 9.47 Å². The van der Waals surface area contributed by atoms with Crippen molar-refractivity contribution in [1.82, 2.24) is 9.97 Å². The van der Waals surface area contributed by atoms with Crippen molar-refractivity contribution in [3.8, 4) is 5.88 Å². The maximum atomic E-state index is 5.62. The molecule has 5 heteroatoms. The maximum absolute atomic E-state index is 5.62. The zero-order valence-corrected chi connectivity index (χ0v) is 9.48. The summed E-state index contributed by atoms with van der Waals surface area (Å²) < 4.78 is 10.9. The fraction of sp³-hybridized carbons (Fsp3) is 0.636. The van der Waals surface area contributed by atoms with Crippen molar-refractivity contribution in [3.63, 3.8) is 0 Å². The van der Waals surface area contributed by atoms with Crippen molar-refractivity contribution in [3.05, 3.63) is 12.4 Å². The molecule has 1 aliphatic heterocycles. The van der Waals surface area contributed by atoms with Gasteiger partial charge >= 0.3 is 0 Å². The van der Waals surface area contributed by atoms with Gasteiger partial charge in [0.25, 0.3) is 0 Å². The normalized spacial score (nSPS) is 17.1. The van der Waals surface area contributed by atoms with E-state index in [2.05, 4.69) is 15.3 Å². The topological polar surface area (TPSA) is 56.3 Å². The van der Waals surface area contributed by atoms with E-state index < -0.39 is 0 Å². The molecule has 0 aromatic carbocycles. The van der Waals surface area contributed by atoms with E-state index in [1.165, 1.54) is 0 Å². The molecule has 0 amide bonds. The average molecular weight is 223 g/mol. The molecule has 1 saturated heterocycles. The summed E-state index contributed by atoms with van der Waals surface area (Å²) in [6.45, 7) is 2.39. The van der Waals surface area contributed by atoms with Crippen molar-refractivity contribution < 1.29 is 9.47 Å². The summed E-state index contributed by atoms with van der Waals surface area (Å²) in [6.07, 6.45) is 5.44. The van der Waals surface area contributed by atoms with Gasteiger partial charge < -0.3 is 14.8 Å². The fourth-order valence-corrected chi connectivity index (χ4v) is 1.65. The van der Waals surface area contributed by atoms with Crippen LogP contribution in [-0.4, -0.2) is 36.8 Å². The average Bonchev–Trinajstić information content (AvgIpc) is 2.38. The first-order chi connectivity index (χ1) is 7.88. The maximum Gasteiger partial charge on any atom is 0.234 e. The van der Waals surface area contributed by atoms with Crippen molar-refractivity contribution in [2.75, 3.05) is 32.2 Å². The number of nitrogens with one attached hydrogen (secondary N) is 1. The SMILES string of the molecule is CNc1cncc(OCC2CCOCC2)n1.